The number of fused-ring (bicyclic) bond motifs is 1. The van der Waals surface area contributed by atoms with Crippen molar-refractivity contribution in [3.05, 3.63) is 48.7 Å². The number of nitrogens with zero attached hydrogens (tertiary/aromatic N) is 6. The minimum atomic E-state index is -3.98. The molecule has 0 spiro atoms. The Morgan fingerprint density at radius 1 is 1.26 bits per heavy atom. The lowest BCUT2D eigenvalue weighted by Gasteiger charge is -2.23. The van der Waals surface area contributed by atoms with Crippen LogP contribution in [0.1, 0.15) is 12.5 Å². The van der Waals surface area contributed by atoms with Gasteiger partial charge in [0, 0.05) is 54.7 Å². The fraction of sp³-hybridized carbons (Fsp3) is 0.333. The van der Waals surface area contributed by atoms with Crippen molar-refractivity contribution in [3.8, 4) is 11.3 Å². The molecule has 1 N–H and O–H groups in total. The van der Waals surface area contributed by atoms with Crippen LogP contribution in [0.5, 0.6) is 0 Å². The van der Waals surface area contributed by atoms with Gasteiger partial charge in [-0.3, -0.25) is 4.68 Å². The molecular formula is C21H20F3N7O2S. The van der Waals surface area contributed by atoms with Crippen LogP contribution in [0.25, 0.3) is 22.3 Å². The molecule has 9 nitrogen and oxygen atoms in total. The molecule has 0 amide bonds. The fourth-order valence-electron chi connectivity index (χ4n) is 4.37. The number of aromatic amines is 1. The summed E-state index contributed by atoms with van der Waals surface area (Å²) in [5, 5.41) is 4.34. The highest BCUT2D eigenvalue weighted by atomic mass is 32.2. The van der Waals surface area contributed by atoms with Gasteiger partial charge >= 0.3 is 0 Å². The molecule has 1 aliphatic heterocycles. The number of aromatic nitrogens is 6. The van der Waals surface area contributed by atoms with Gasteiger partial charge in [-0.1, -0.05) is 0 Å². The maximum atomic E-state index is 14.5. The Balaban J connectivity index is 1.40. The minimum absolute atomic E-state index is 0.206. The topological polar surface area (TPSA) is 110 Å². The van der Waals surface area contributed by atoms with Crippen molar-refractivity contribution in [3.63, 3.8) is 0 Å². The number of pyridine rings is 1. The van der Waals surface area contributed by atoms with Gasteiger partial charge < -0.3 is 9.88 Å². The van der Waals surface area contributed by atoms with Crippen LogP contribution >= 0.6 is 0 Å². The van der Waals surface area contributed by atoms with Gasteiger partial charge in [0.25, 0.3) is 0 Å². The van der Waals surface area contributed by atoms with Crippen molar-refractivity contribution in [1.29, 1.82) is 0 Å². The Labute approximate surface area is 192 Å². The van der Waals surface area contributed by atoms with Crippen molar-refractivity contribution in [2.75, 3.05) is 30.9 Å². The van der Waals surface area contributed by atoms with Crippen LogP contribution in [0.3, 0.4) is 0 Å². The van der Waals surface area contributed by atoms with Gasteiger partial charge in [-0.15, -0.1) is 0 Å². The maximum Gasteiger partial charge on any atom is 0.195 e. The SMILES string of the molecule is CS(=O)(=O)c1nc(N2CCC(C(CF)n3cc(-c4ncnc5[nH]ccc45)cn3)C2)c(F)cc1F. The third-order valence-corrected chi connectivity index (χ3v) is 7.01. The van der Waals surface area contributed by atoms with Crippen molar-refractivity contribution in [2.24, 2.45) is 5.92 Å². The molecule has 5 rings (SSSR count). The minimum Gasteiger partial charge on any atom is -0.354 e. The molecule has 0 aromatic carbocycles. The summed E-state index contributed by atoms with van der Waals surface area (Å²) in [4.78, 5) is 16.8. The molecule has 0 bridgehead atoms. The fourth-order valence-corrected chi connectivity index (χ4v) is 5.04. The highest BCUT2D eigenvalue weighted by Gasteiger charge is 2.34. The molecule has 1 saturated heterocycles. The number of anilines is 1. The highest BCUT2D eigenvalue weighted by Crippen LogP contribution is 2.34. The molecule has 2 unspecified atom stereocenters. The van der Waals surface area contributed by atoms with E-state index in [1.807, 2.05) is 6.07 Å². The zero-order chi connectivity index (χ0) is 24.0. The van der Waals surface area contributed by atoms with E-state index < -0.39 is 39.2 Å². The van der Waals surface area contributed by atoms with Crippen LogP contribution < -0.4 is 4.90 Å². The molecule has 34 heavy (non-hydrogen) atoms. The van der Waals surface area contributed by atoms with Crippen molar-refractivity contribution in [1.82, 2.24) is 29.7 Å². The summed E-state index contributed by atoms with van der Waals surface area (Å²) in [7, 11) is -3.98. The largest absolute Gasteiger partial charge is 0.354 e. The number of H-pyrrole nitrogens is 1. The summed E-state index contributed by atoms with van der Waals surface area (Å²) in [5.41, 5.74) is 2.03. The second-order valence-electron chi connectivity index (χ2n) is 8.24. The van der Waals surface area contributed by atoms with E-state index in [0.717, 1.165) is 11.6 Å². The number of sulfone groups is 1. The van der Waals surface area contributed by atoms with Gasteiger partial charge in [0.15, 0.2) is 32.3 Å². The second-order valence-corrected chi connectivity index (χ2v) is 10.2. The van der Waals surface area contributed by atoms with Gasteiger partial charge in [-0.2, -0.15) is 5.10 Å². The quantitative estimate of drug-likeness (QED) is 0.442. The predicted molar refractivity (Wildman–Crippen MR) is 118 cm³/mol. The Hall–Kier alpha value is -3.48. The number of rotatable bonds is 6. The van der Waals surface area contributed by atoms with Gasteiger partial charge in [0.2, 0.25) is 0 Å². The first-order valence-electron chi connectivity index (χ1n) is 10.5. The summed E-state index contributed by atoms with van der Waals surface area (Å²) in [6, 6.07) is 1.72. The molecule has 1 fully saturated rings. The Morgan fingerprint density at radius 2 is 2.09 bits per heavy atom. The van der Waals surface area contributed by atoms with Crippen LogP contribution in [0.4, 0.5) is 19.0 Å². The highest BCUT2D eigenvalue weighted by molar-refractivity contribution is 7.90. The second kappa shape index (κ2) is 8.38. The van der Waals surface area contributed by atoms with E-state index in [0.29, 0.717) is 35.9 Å². The lowest BCUT2D eigenvalue weighted by atomic mass is 10.0. The maximum absolute atomic E-state index is 14.5. The van der Waals surface area contributed by atoms with Crippen molar-refractivity contribution < 1.29 is 21.6 Å². The lowest BCUT2D eigenvalue weighted by Crippen LogP contribution is -2.27. The van der Waals surface area contributed by atoms with Crippen molar-refractivity contribution >= 4 is 26.7 Å². The molecule has 5 heterocycles. The van der Waals surface area contributed by atoms with Crippen LogP contribution in [0.2, 0.25) is 0 Å². The molecule has 178 valence electrons. The van der Waals surface area contributed by atoms with Gasteiger partial charge in [0.1, 0.15) is 18.6 Å². The molecule has 0 saturated carbocycles. The summed E-state index contributed by atoms with van der Waals surface area (Å²) in [6.07, 6.45) is 7.79. The summed E-state index contributed by atoms with van der Waals surface area (Å²) < 4.78 is 67.7. The molecule has 4 aromatic heterocycles. The summed E-state index contributed by atoms with van der Waals surface area (Å²) in [6.45, 7) is -0.196. The van der Waals surface area contributed by atoms with Crippen LogP contribution in [-0.2, 0) is 9.84 Å². The lowest BCUT2D eigenvalue weighted by molar-refractivity contribution is 0.257. The molecule has 4 aromatic rings. The predicted octanol–water partition coefficient (Wildman–Crippen LogP) is 2.94. The molecular weight excluding hydrogens is 471 g/mol. The summed E-state index contributed by atoms with van der Waals surface area (Å²) >= 11 is 0. The van der Waals surface area contributed by atoms with Gasteiger partial charge in [-0.25, -0.2) is 36.5 Å². The standard InChI is InChI=1S/C21H20F3N7O2S/c1-34(32,33)21-16(24)6-15(23)20(29-21)30-5-3-12(9-30)17(7-22)31-10-13(8-28-31)18-14-2-4-25-19(14)27-11-26-18/h2,4,6,8,10-12,17H,3,5,7,9H2,1H3,(H,25,26,27). The smallest absolute Gasteiger partial charge is 0.195 e. The molecule has 13 heteroatoms. The van der Waals surface area contributed by atoms with E-state index in [1.165, 1.54) is 15.9 Å². The number of alkyl halides is 1. The zero-order valence-electron chi connectivity index (χ0n) is 18.0. The molecule has 2 atom stereocenters. The number of hydrogen-bond acceptors (Lipinski definition) is 7. The first-order valence-corrected chi connectivity index (χ1v) is 12.3. The normalized spacial score (nSPS) is 17.5. The first kappa shape index (κ1) is 22.3. The van der Waals surface area contributed by atoms with Crippen LogP contribution in [0.15, 0.2) is 42.1 Å². The zero-order valence-corrected chi connectivity index (χ0v) is 18.8. The van der Waals surface area contributed by atoms with E-state index in [1.54, 1.807) is 18.6 Å². The van der Waals surface area contributed by atoms with Gasteiger partial charge in [-0.05, 0) is 12.5 Å². The summed E-state index contributed by atoms with van der Waals surface area (Å²) in [5.74, 6) is -2.74. The van der Waals surface area contributed by atoms with E-state index in [-0.39, 0.29) is 18.3 Å². The van der Waals surface area contributed by atoms with Crippen LogP contribution in [-0.4, -0.2) is 64.2 Å². The van der Waals surface area contributed by atoms with Crippen molar-refractivity contribution in [2.45, 2.75) is 17.5 Å². The van der Waals surface area contributed by atoms with E-state index in [9.17, 15) is 21.6 Å². The Bertz CT molecular complexity index is 1470. The molecule has 1 aliphatic rings. The monoisotopic (exact) mass is 491 g/mol. The number of nitrogens with one attached hydrogen (secondary N) is 1. The molecule has 0 aliphatic carbocycles. The third kappa shape index (κ3) is 3.89. The van der Waals surface area contributed by atoms with E-state index >= 15 is 0 Å². The number of halogens is 3. The van der Waals surface area contributed by atoms with Crippen LogP contribution in [0, 0.1) is 17.6 Å². The van der Waals surface area contributed by atoms with Gasteiger partial charge in [0.05, 0.1) is 17.9 Å². The average molecular weight is 491 g/mol. The van der Waals surface area contributed by atoms with E-state index in [4.69, 9.17) is 0 Å². The Kier molecular flexibility index (Phi) is 5.50. The number of hydrogen-bond donors (Lipinski definition) is 1. The third-order valence-electron chi connectivity index (χ3n) is 6.03. The average Bonchev–Trinajstić information content (AvgIpc) is 3.54. The first-order chi connectivity index (χ1) is 16.3. The van der Waals surface area contributed by atoms with E-state index in [2.05, 4.69) is 25.0 Å². The Morgan fingerprint density at radius 3 is 2.85 bits per heavy atom. The molecule has 0 radical (unpaired) electrons.